The highest BCUT2D eigenvalue weighted by atomic mass is 32.1. The number of anilines is 1. The molecule has 0 aliphatic carbocycles. The Morgan fingerprint density at radius 3 is 3.04 bits per heavy atom. The number of pyridine rings is 1. The Labute approximate surface area is 153 Å². The SMILES string of the molecule is O=C1NC[C@H]2CN(C(=O)Nc3nc(-c4cccnc4)cs3)CCN2C1=O. The average molecular weight is 372 g/mol. The first-order valence-electron chi connectivity index (χ1n) is 8.12. The summed E-state index contributed by atoms with van der Waals surface area (Å²) in [6, 6.07) is 3.28. The quantitative estimate of drug-likeness (QED) is 0.741. The van der Waals surface area contributed by atoms with Crippen LogP contribution in [0.2, 0.25) is 0 Å². The molecule has 134 valence electrons. The van der Waals surface area contributed by atoms with Crippen molar-refractivity contribution in [2.75, 3.05) is 31.5 Å². The maximum absolute atomic E-state index is 12.5. The van der Waals surface area contributed by atoms with Gasteiger partial charge < -0.3 is 15.1 Å². The van der Waals surface area contributed by atoms with Gasteiger partial charge >= 0.3 is 17.8 Å². The van der Waals surface area contributed by atoms with Crippen LogP contribution in [0.25, 0.3) is 11.3 Å². The lowest BCUT2D eigenvalue weighted by molar-refractivity contribution is -0.152. The number of rotatable bonds is 2. The van der Waals surface area contributed by atoms with Crippen LogP contribution in [0.5, 0.6) is 0 Å². The van der Waals surface area contributed by atoms with Crippen molar-refractivity contribution < 1.29 is 14.4 Å². The van der Waals surface area contributed by atoms with Gasteiger partial charge in [0.1, 0.15) is 0 Å². The second-order valence-electron chi connectivity index (χ2n) is 6.02. The summed E-state index contributed by atoms with van der Waals surface area (Å²) in [6.45, 7) is 1.46. The topological polar surface area (TPSA) is 108 Å². The minimum atomic E-state index is -0.579. The van der Waals surface area contributed by atoms with E-state index in [2.05, 4.69) is 20.6 Å². The van der Waals surface area contributed by atoms with Gasteiger partial charge in [-0.2, -0.15) is 0 Å². The van der Waals surface area contributed by atoms with Crippen LogP contribution in [-0.4, -0.2) is 69.8 Å². The molecule has 4 amide bonds. The predicted octanol–water partition coefficient (Wildman–Crippen LogP) is 0.380. The number of nitrogens with one attached hydrogen (secondary N) is 2. The van der Waals surface area contributed by atoms with Crippen LogP contribution in [0.3, 0.4) is 0 Å². The largest absolute Gasteiger partial charge is 0.346 e. The zero-order valence-corrected chi connectivity index (χ0v) is 14.5. The van der Waals surface area contributed by atoms with Crippen LogP contribution in [0.15, 0.2) is 29.9 Å². The molecular formula is C16H16N6O3S. The number of thiazole rings is 1. The van der Waals surface area contributed by atoms with E-state index in [-0.39, 0.29) is 12.1 Å². The zero-order chi connectivity index (χ0) is 18.1. The first kappa shape index (κ1) is 16.5. The van der Waals surface area contributed by atoms with E-state index in [0.29, 0.717) is 31.3 Å². The third kappa shape index (κ3) is 3.10. The number of nitrogens with zero attached hydrogens (tertiary/aromatic N) is 4. The lowest BCUT2D eigenvalue weighted by atomic mass is 10.1. The van der Waals surface area contributed by atoms with Crippen LogP contribution < -0.4 is 10.6 Å². The molecule has 2 N–H and O–H groups in total. The lowest BCUT2D eigenvalue weighted by Crippen LogP contribution is -2.66. The number of hydrogen-bond donors (Lipinski definition) is 2. The number of aromatic nitrogens is 2. The van der Waals surface area contributed by atoms with Gasteiger partial charge in [0.15, 0.2) is 5.13 Å². The summed E-state index contributed by atoms with van der Waals surface area (Å²) in [7, 11) is 0. The second kappa shape index (κ2) is 6.71. The summed E-state index contributed by atoms with van der Waals surface area (Å²) in [6.07, 6.45) is 3.41. The third-order valence-corrected chi connectivity index (χ3v) is 5.16. The fraction of sp³-hybridized carbons (Fsp3) is 0.312. The molecule has 2 aromatic heterocycles. The summed E-state index contributed by atoms with van der Waals surface area (Å²) in [5, 5.41) is 7.72. The molecule has 2 aliphatic heterocycles. The van der Waals surface area contributed by atoms with Gasteiger partial charge in [0.25, 0.3) is 0 Å². The number of piperazine rings is 2. The van der Waals surface area contributed by atoms with Crippen LogP contribution in [0.1, 0.15) is 0 Å². The molecule has 0 bridgehead atoms. The normalized spacial score (nSPS) is 19.8. The number of urea groups is 1. The van der Waals surface area contributed by atoms with Crippen molar-refractivity contribution in [1.82, 2.24) is 25.1 Å². The van der Waals surface area contributed by atoms with E-state index in [0.717, 1.165) is 11.3 Å². The molecule has 10 heteroatoms. The van der Waals surface area contributed by atoms with E-state index in [1.165, 1.54) is 16.2 Å². The Bertz CT molecular complexity index is 855. The highest BCUT2D eigenvalue weighted by molar-refractivity contribution is 7.14. The molecule has 0 aromatic carbocycles. The Morgan fingerprint density at radius 2 is 2.23 bits per heavy atom. The van der Waals surface area contributed by atoms with Crippen molar-refractivity contribution in [1.29, 1.82) is 0 Å². The molecule has 0 unspecified atom stereocenters. The number of hydrogen-bond acceptors (Lipinski definition) is 6. The first-order valence-corrected chi connectivity index (χ1v) is 9.00. The molecule has 9 nitrogen and oxygen atoms in total. The van der Waals surface area contributed by atoms with E-state index >= 15 is 0 Å². The molecule has 4 heterocycles. The fourth-order valence-electron chi connectivity index (χ4n) is 3.05. The fourth-order valence-corrected chi connectivity index (χ4v) is 3.76. The average Bonchev–Trinajstić information content (AvgIpc) is 3.14. The highest BCUT2D eigenvalue weighted by Crippen LogP contribution is 2.24. The molecule has 0 radical (unpaired) electrons. The van der Waals surface area contributed by atoms with Gasteiger partial charge in [-0.25, -0.2) is 9.78 Å². The molecule has 4 rings (SSSR count). The van der Waals surface area contributed by atoms with E-state index < -0.39 is 11.8 Å². The Morgan fingerprint density at radius 1 is 1.35 bits per heavy atom. The van der Waals surface area contributed by atoms with Crippen molar-refractivity contribution in [3.63, 3.8) is 0 Å². The number of amides is 4. The molecule has 2 aliphatic rings. The van der Waals surface area contributed by atoms with Gasteiger partial charge in [-0.3, -0.25) is 19.9 Å². The smallest absolute Gasteiger partial charge is 0.323 e. The summed E-state index contributed by atoms with van der Waals surface area (Å²) >= 11 is 1.34. The Kier molecular flexibility index (Phi) is 4.25. The predicted molar refractivity (Wildman–Crippen MR) is 94.4 cm³/mol. The summed E-state index contributed by atoms with van der Waals surface area (Å²) in [5.41, 5.74) is 1.64. The molecule has 2 saturated heterocycles. The minimum absolute atomic E-state index is 0.193. The number of carbonyl (C=O) groups is 3. The number of carbonyl (C=O) groups excluding carboxylic acids is 3. The lowest BCUT2D eigenvalue weighted by Gasteiger charge is -2.43. The summed E-state index contributed by atoms with van der Waals surface area (Å²) in [4.78, 5) is 47.4. The van der Waals surface area contributed by atoms with Crippen molar-refractivity contribution in [3.05, 3.63) is 29.9 Å². The van der Waals surface area contributed by atoms with Crippen molar-refractivity contribution >= 4 is 34.3 Å². The Balaban J connectivity index is 1.39. The molecule has 1 atom stereocenters. The van der Waals surface area contributed by atoms with Crippen LogP contribution in [0, 0.1) is 0 Å². The molecule has 26 heavy (non-hydrogen) atoms. The van der Waals surface area contributed by atoms with Crippen LogP contribution in [0.4, 0.5) is 9.93 Å². The van der Waals surface area contributed by atoms with Gasteiger partial charge in [-0.15, -0.1) is 11.3 Å². The highest BCUT2D eigenvalue weighted by Gasteiger charge is 2.38. The van der Waals surface area contributed by atoms with Crippen LogP contribution in [-0.2, 0) is 9.59 Å². The van der Waals surface area contributed by atoms with Crippen molar-refractivity contribution in [2.45, 2.75) is 6.04 Å². The van der Waals surface area contributed by atoms with Gasteiger partial charge in [0.2, 0.25) is 0 Å². The zero-order valence-electron chi connectivity index (χ0n) is 13.7. The second-order valence-corrected chi connectivity index (χ2v) is 6.88. The van der Waals surface area contributed by atoms with E-state index in [1.54, 1.807) is 17.3 Å². The molecule has 0 saturated carbocycles. The summed E-state index contributed by atoms with van der Waals surface area (Å²) in [5.74, 6) is -1.10. The monoisotopic (exact) mass is 372 g/mol. The van der Waals surface area contributed by atoms with Gasteiger partial charge in [0.05, 0.1) is 11.7 Å². The molecule has 2 aromatic rings. The van der Waals surface area contributed by atoms with E-state index in [4.69, 9.17) is 0 Å². The van der Waals surface area contributed by atoms with Crippen LogP contribution >= 0.6 is 11.3 Å². The maximum atomic E-state index is 12.5. The van der Waals surface area contributed by atoms with Crippen molar-refractivity contribution in [2.24, 2.45) is 0 Å². The minimum Gasteiger partial charge on any atom is -0.346 e. The first-order chi connectivity index (χ1) is 12.6. The van der Waals surface area contributed by atoms with Gasteiger partial charge in [0, 0.05) is 49.5 Å². The number of fused-ring (bicyclic) bond motifs is 1. The van der Waals surface area contributed by atoms with Gasteiger partial charge in [-0.1, -0.05) is 0 Å². The van der Waals surface area contributed by atoms with E-state index in [9.17, 15) is 14.4 Å². The molecule has 2 fully saturated rings. The molecule has 0 spiro atoms. The van der Waals surface area contributed by atoms with Gasteiger partial charge in [-0.05, 0) is 12.1 Å². The molecular weight excluding hydrogens is 356 g/mol. The third-order valence-electron chi connectivity index (χ3n) is 4.40. The van der Waals surface area contributed by atoms with E-state index in [1.807, 2.05) is 17.5 Å². The van der Waals surface area contributed by atoms with Crippen molar-refractivity contribution in [3.8, 4) is 11.3 Å². The maximum Gasteiger partial charge on any atom is 0.323 e. The Hall–Kier alpha value is -3.01. The summed E-state index contributed by atoms with van der Waals surface area (Å²) < 4.78 is 0. The standard InChI is InChI=1S/C16H16N6O3S/c23-13-14(24)22-5-4-21(8-11(22)7-18-13)16(25)20-15-19-12(9-26-15)10-2-1-3-17-6-10/h1-3,6,9,11H,4-5,7-8H2,(H,18,23)(H,19,20,25)/t11-/m0/s1.